The van der Waals surface area contributed by atoms with Crippen molar-refractivity contribution in [3.63, 3.8) is 0 Å². The van der Waals surface area contributed by atoms with E-state index in [4.69, 9.17) is 0 Å². The van der Waals surface area contributed by atoms with Gasteiger partial charge in [-0.15, -0.1) is 0 Å². The number of nitrogens with zero attached hydrogens (tertiary/aromatic N) is 2. The number of hydrogen-bond donors (Lipinski definition) is 2. The molecule has 2 aromatic carbocycles. The van der Waals surface area contributed by atoms with E-state index < -0.39 is 0 Å². The lowest BCUT2D eigenvalue weighted by Crippen LogP contribution is -2.33. The topological polar surface area (TPSA) is 39.7 Å². The molecule has 1 heterocycles. The maximum Gasteiger partial charge on any atom is 0.203 e. The molecule has 0 spiro atoms. The molecule has 1 unspecified atom stereocenters. The number of hydrogen-bond acceptors (Lipinski definition) is 2. The molecular formula is C34H51FN4. The first-order valence-corrected chi connectivity index (χ1v) is 14.1. The molecular weight excluding hydrogens is 483 g/mol. The fraction of sp³-hybridized carbons (Fsp3) is 0.382. The van der Waals surface area contributed by atoms with Gasteiger partial charge in [0.15, 0.2) is 0 Å². The van der Waals surface area contributed by atoms with Crippen molar-refractivity contribution in [3.05, 3.63) is 114 Å². The molecule has 39 heavy (non-hydrogen) atoms. The maximum absolute atomic E-state index is 14.4. The van der Waals surface area contributed by atoms with Crippen molar-refractivity contribution in [3.8, 4) is 0 Å². The first kappa shape index (κ1) is 35.4. The van der Waals surface area contributed by atoms with Gasteiger partial charge in [0.1, 0.15) is 5.82 Å². The summed E-state index contributed by atoms with van der Waals surface area (Å²) in [7, 11) is 0. The molecule has 0 fully saturated rings. The average molecular weight is 535 g/mol. The van der Waals surface area contributed by atoms with Crippen LogP contribution in [0.3, 0.4) is 0 Å². The van der Waals surface area contributed by atoms with E-state index in [0.29, 0.717) is 12.5 Å². The number of guanidine groups is 1. The molecule has 0 radical (unpaired) electrons. The van der Waals surface area contributed by atoms with Gasteiger partial charge in [0.25, 0.3) is 0 Å². The predicted molar refractivity (Wildman–Crippen MR) is 171 cm³/mol. The highest BCUT2D eigenvalue weighted by molar-refractivity contribution is 5.95. The number of aliphatic imine (C=N–C) groups is 1. The highest BCUT2D eigenvalue weighted by Crippen LogP contribution is 2.27. The third-order valence-electron chi connectivity index (χ3n) is 5.96. The van der Waals surface area contributed by atoms with Crippen molar-refractivity contribution in [1.29, 1.82) is 0 Å². The Kier molecular flexibility index (Phi) is 17.7. The van der Waals surface area contributed by atoms with Gasteiger partial charge in [-0.2, -0.15) is 0 Å². The van der Waals surface area contributed by atoms with E-state index in [2.05, 4.69) is 59.3 Å². The zero-order chi connectivity index (χ0) is 30.0. The number of fused-ring (bicyclic) bond motifs is 1. The van der Waals surface area contributed by atoms with E-state index in [1.807, 2.05) is 73.6 Å². The summed E-state index contributed by atoms with van der Waals surface area (Å²) in [4.78, 5) is 6.68. The summed E-state index contributed by atoms with van der Waals surface area (Å²) in [6.07, 6.45) is 5.21. The van der Waals surface area contributed by atoms with Gasteiger partial charge >= 0.3 is 0 Å². The van der Waals surface area contributed by atoms with Crippen molar-refractivity contribution in [1.82, 2.24) is 10.2 Å². The molecule has 0 amide bonds. The summed E-state index contributed by atoms with van der Waals surface area (Å²) in [6.45, 7) is 31.6. The molecule has 1 atom stereocenters. The second-order valence-corrected chi connectivity index (χ2v) is 8.42. The highest BCUT2D eigenvalue weighted by atomic mass is 19.1. The molecule has 0 saturated heterocycles. The maximum atomic E-state index is 14.4. The highest BCUT2D eigenvalue weighted by Gasteiger charge is 2.23. The van der Waals surface area contributed by atoms with Crippen LogP contribution in [0.25, 0.3) is 0 Å². The summed E-state index contributed by atoms with van der Waals surface area (Å²) in [6, 6.07) is 11.5. The van der Waals surface area contributed by atoms with Crippen LogP contribution in [0, 0.1) is 18.7 Å². The molecule has 1 aliphatic heterocycles. The van der Waals surface area contributed by atoms with Crippen LogP contribution >= 0.6 is 0 Å². The second kappa shape index (κ2) is 19.5. The Labute approximate surface area is 238 Å². The Balaban J connectivity index is 0.00000225. The van der Waals surface area contributed by atoms with Crippen LogP contribution in [0.4, 0.5) is 10.1 Å². The van der Waals surface area contributed by atoms with Crippen molar-refractivity contribution >= 4 is 11.6 Å². The molecule has 0 aliphatic carbocycles. The summed E-state index contributed by atoms with van der Waals surface area (Å²) in [5.41, 5.74) is 7.04. The molecule has 4 nitrogen and oxygen atoms in total. The number of allylic oxidation sites excluding steroid dienone is 3. The average Bonchev–Trinajstić information content (AvgIpc) is 3.39. The number of anilines is 1. The van der Waals surface area contributed by atoms with E-state index in [0.717, 1.165) is 41.2 Å². The Hall–Kier alpha value is -3.60. The van der Waals surface area contributed by atoms with Gasteiger partial charge in [-0.25, -0.2) is 9.38 Å². The van der Waals surface area contributed by atoms with Gasteiger partial charge < -0.3 is 15.5 Å². The van der Waals surface area contributed by atoms with Crippen molar-refractivity contribution in [2.45, 2.75) is 81.9 Å². The molecule has 214 valence electrons. The van der Waals surface area contributed by atoms with E-state index in [9.17, 15) is 4.39 Å². The third-order valence-corrected chi connectivity index (χ3v) is 5.96. The minimum absolute atomic E-state index is 0.134. The first-order valence-electron chi connectivity index (χ1n) is 14.1. The Morgan fingerprint density at radius 2 is 1.62 bits per heavy atom. The van der Waals surface area contributed by atoms with Gasteiger partial charge in [0.05, 0.1) is 0 Å². The molecule has 2 aromatic rings. The Morgan fingerprint density at radius 1 is 1.05 bits per heavy atom. The zero-order valence-corrected chi connectivity index (χ0v) is 25.8. The quantitative estimate of drug-likeness (QED) is 0.153. The van der Waals surface area contributed by atoms with Crippen LogP contribution in [-0.4, -0.2) is 10.9 Å². The molecule has 0 aromatic heterocycles. The van der Waals surface area contributed by atoms with Crippen molar-refractivity contribution in [2.75, 3.05) is 5.32 Å². The smallest absolute Gasteiger partial charge is 0.203 e. The molecule has 1 aliphatic rings. The largest absolute Gasteiger partial charge is 0.384 e. The number of halogens is 1. The Bertz CT molecular complexity index is 1090. The number of benzene rings is 2. The van der Waals surface area contributed by atoms with Crippen LogP contribution in [0.5, 0.6) is 0 Å². The lowest BCUT2D eigenvalue weighted by molar-refractivity contribution is 0.446. The second-order valence-electron chi connectivity index (χ2n) is 8.42. The molecule has 5 heteroatoms. The summed E-state index contributed by atoms with van der Waals surface area (Å²) in [5, 5.41) is 6.92. The van der Waals surface area contributed by atoms with Crippen LogP contribution < -0.4 is 10.6 Å². The fourth-order valence-electron chi connectivity index (χ4n) is 3.95. The van der Waals surface area contributed by atoms with Crippen LogP contribution in [0.2, 0.25) is 0 Å². The molecule has 0 bridgehead atoms. The van der Waals surface area contributed by atoms with Crippen molar-refractivity contribution < 1.29 is 4.39 Å². The number of nitrogens with one attached hydrogen (secondary N) is 2. The summed E-state index contributed by atoms with van der Waals surface area (Å²) >= 11 is 0. The van der Waals surface area contributed by atoms with Crippen LogP contribution in [0.15, 0.2) is 90.7 Å². The van der Waals surface area contributed by atoms with Gasteiger partial charge in [-0.3, -0.25) is 0 Å². The normalized spacial score (nSPS) is 12.7. The van der Waals surface area contributed by atoms with E-state index in [-0.39, 0.29) is 11.7 Å². The van der Waals surface area contributed by atoms with E-state index in [1.165, 1.54) is 23.4 Å². The van der Waals surface area contributed by atoms with E-state index in [1.54, 1.807) is 12.1 Å². The zero-order valence-electron chi connectivity index (χ0n) is 25.8. The first-order chi connectivity index (χ1) is 18.8. The van der Waals surface area contributed by atoms with Crippen molar-refractivity contribution in [2.24, 2.45) is 10.9 Å². The van der Waals surface area contributed by atoms with Gasteiger partial charge in [-0.05, 0) is 54.3 Å². The number of rotatable bonds is 8. The van der Waals surface area contributed by atoms with Gasteiger partial charge in [0, 0.05) is 43.1 Å². The van der Waals surface area contributed by atoms with Crippen LogP contribution in [-0.2, 0) is 19.6 Å². The Morgan fingerprint density at radius 3 is 2.10 bits per heavy atom. The lowest BCUT2D eigenvalue weighted by Gasteiger charge is -2.24. The van der Waals surface area contributed by atoms with Gasteiger partial charge in [0.2, 0.25) is 5.96 Å². The minimum atomic E-state index is -0.271. The SMILES string of the molecule is C=C/C=C(/NCc1cc(F)cc(C)c1NC(=NC=C)N1Cc2ccccc2C1)C(C)C(=C)C.CC.CC.CC. The lowest BCUT2D eigenvalue weighted by atomic mass is 9.99. The summed E-state index contributed by atoms with van der Waals surface area (Å²) in [5.74, 6) is 0.553. The van der Waals surface area contributed by atoms with Crippen LogP contribution in [0.1, 0.15) is 77.6 Å². The molecule has 2 N–H and O–H groups in total. The standard InChI is InChI=1S/C28H33FN4.3C2H6/c1-7-11-26(21(6)19(3)4)31-16-24-15-25(29)14-20(5)27(24)32-28(30-8-2)33-17-22-12-9-10-13-23(22)18-33;3*1-2/h7-15,21,31H,1-3,16-18H2,4-6H3,(H,30,32);3*1-2H3/b26-11+;;;. The monoisotopic (exact) mass is 534 g/mol. The predicted octanol–water partition coefficient (Wildman–Crippen LogP) is 9.51. The van der Waals surface area contributed by atoms with Gasteiger partial charge in [-0.1, -0.05) is 104 Å². The molecule has 3 rings (SSSR count). The van der Waals surface area contributed by atoms with E-state index >= 15 is 0 Å². The number of aryl methyl sites for hydroxylation is 1. The molecule has 0 saturated carbocycles. The minimum Gasteiger partial charge on any atom is -0.384 e. The third kappa shape index (κ3) is 10.6. The fourth-order valence-corrected chi connectivity index (χ4v) is 3.95. The summed E-state index contributed by atoms with van der Waals surface area (Å²) < 4.78 is 14.4.